The van der Waals surface area contributed by atoms with Crippen LogP contribution < -0.4 is 0 Å². The molecular formula is C10H17NO4. The van der Waals surface area contributed by atoms with E-state index in [1.165, 1.54) is 4.90 Å². The van der Waals surface area contributed by atoms with Crippen molar-refractivity contribution in [2.24, 2.45) is 0 Å². The van der Waals surface area contributed by atoms with Crippen molar-refractivity contribution in [3.8, 4) is 0 Å². The van der Waals surface area contributed by atoms with E-state index >= 15 is 0 Å². The summed E-state index contributed by atoms with van der Waals surface area (Å²) in [5.74, 6) is 0. The molecule has 1 N–H and O–H groups in total. The lowest BCUT2D eigenvalue weighted by Crippen LogP contribution is -2.45. The molecule has 5 nitrogen and oxygen atoms in total. The first kappa shape index (κ1) is 12.0. The second-order valence-corrected chi connectivity index (χ2v) is 3.26. The first-order valence-electron chi connectivity index (χ1n) is 5.04. The summed E-state index contributed by atoms with van der Waals surface area (Å²) in [5.41, 5.74) is 0. The van der Waals surface area contributed by atoms with Gasteiger partial charge in [0.15, 0.2) is 6.29 Å². The van der Waals surface area contributed by atoms with E-state index in [0.717, 1.165) is 0 Å². The highest BCUT2D eigenvalue weighted by molar-refractivity contribution is 5.68. The minimum Gasteiger partial charge on any atom is -0.450 e. The molecule has 0 aromatic carbocycles. The molecule has 1 aliphatic heterocycles. The maximum absolute atomic E-state index is 11.6. The maximum Gasteiger partial charge on any atom is 0.410 e. The van der Waals surface area contributed by atoms with Crippen LogP contribution >= 0.6 is 0 Å². The molecule has 1 unspecified atom stereocenters. The van der Waals surface area contributed by atoms with Crippen LogP contribution in [0.3, 0.4) is 0 Å². The first-order valence-corrected chi connectivity index (χ1v) is 5.04. The number of nitrogens with zero attached hydrogens (tertiary/aromatic N) is 1. The molecule has 0 aromatic heterocycles. The normalized spacial score (nSPS) is 24.9. The largest absolute Gasteiger partial charge is 0.450 e. The van der Waals surface area contributed by atoms with Gasteiger partial charge in [0.2, 0.25) is 0 Å². The average Bonchev–Trinajstić information content (AvgIpc) is 2.61. The summed E-state index contributed by atoms with van der Waals surface area (Å²) in [6.07, 6.45) is 0.858. The number of ether oxygens (including phenoxy) is 2. The molecular weight excluding hydrogens is 198 g/mol. The van der Waals surface area contributed by atoms with Crippen molar-refractivity contribution in [1.82, 2.24) is 4.90 Å². The van der Waals surface area contributed by atoms with Gasteiger partial charge in [0.25, 0.3) is 0 Å². The van der Waals surface area contributed by atoms with E-state index < -0.39 is 12.4 Å². The van der Waals surface area contributed by atoms with Crippen LogP contribution in [-0.2, 0) is 9.47 Å². The molecule has 0 saturated carbocycles. The van der Waals surface area contributed by atoms with Crippen molar-refractivity contribution in [1.29, 1.82) is 0 Å². The highest BCUT2D eigenvalue weighted by atomic mass is 16.6. The van der Waals surface area contributed by atoms with E-state index in [4.69, 9.17) is 9.47 Å². The molecule has 0 bridgehead atoms. The number of carbonyl (C=O) groups is 1. The van der Waals surface area contributed by atoms with Gasteiger partial charge in [-0.1, -0.05) is 6.08 Å². The average molecular weight is 215 g/mol. The van der Waals surface area contributed by atoms with E-state index in [-0.39, 0.29) is 6.04 Å². The number of hydrogen-bond donors (Lipinski definition) is 1. The summed E-state index contributed by atoms with van der Waals surface area (Å²) in [6.45, 7) is 6.43. The molecule has 0 aromatic rings. The maximum atomic E-state index is 11.6. The molecule has 0 spiro atoms. The number of hydrogen-bond acceptors (Lipinski definition) is 4. The third kappa shape index (κ3) is 2.94. The van der Waals surface area contributed by atoms with Crippen molar-refractivity contribution < 1.29 is 19.4 Å². The van der Waals surface area contributed by atoms with Gasteiger partial charge < -0.3 is 14.6 Å². The Labute approximate surface area is 89.3 Å². The summed E-state index contributed by atoms with van der Waals surface area (Å²) >= 11 is 0. The second-order valence-electron chi connectivity index (χ2n) is 3.26. The van der Waals surface area contributed by atoms with Crippen LogP contribution in [0.15, 0.2) is 12.7 Å². The number of aliphatic hydroxyl groups excluding tert-OH is 1. The van der Waals surface area contributed by atoms with Gasteiger partial charge in [-0.25, -0.2) is 4.79 Å². The van der Waals surface area contributed by atoms with Crippen LogP contribution in [0, 0.1) is 0 Å². The minimum atomic E-state index is -0.922. The van der Waals surface area contributed by atoms with Crippen molar-refractivity contribution in [3.63, 3.8) is 0 Å². The standard InChI is InChI=1S/C10H17NO4/c1-3-6-11(10(13)14-4-2)8-5-7-15-9(8)12/h3,8-9,12H,1,4-7H2,2H3/t8-,9?/m0/s1. The Bertz CT molecular complexity index is 231. The van der Waals surface area contributed by atoms with Gasteiger partial charge in [0.1, 0.15) is 0 Å². The van der Waals surface area contributed by atoms with E-state index in [9.17, 15) is 9.90 Å². The van der Waals surface area contributed by atoms with Gasteiger partial charge >= 0.3 is 6.09 Å². The molecule has 1 aliphatic rings. The lowest BCUT2D eigenvalue weighted by atomic mass is 10.2. The molecule has 5 heteroatoms. The second kappa shape index (κ2) is 5.72. The first-order chi connectivity index (χ1) is 7.20. The van der Waals surface area contributed by atoms with Crippen LogP contribution in [0.2, 0.25) is 0 Å². The summed E-state index contributed by atoms with van der Waals surface area (Å²) in [7, 11) is 0. The van der Waals surface area contributed by atoms with E-state index in [2.05, 4.69) is 6.58 Å². The molecule has 15 heavy (non-hydrogen) atoms. The van der Waals surface area contributed by atoms with Crippen LogP contribution in [-0.4, -0.2) is 48.2 Å². The van der Waals surface area contributed by atoms with Gasteiger partial charge in [-0.15, -0.1) is 6.58 Å². The Hall–Kier alpha value is -1.07. The van der Waals surface area contributed by atoms with E-state index in [1.54, 1.807) is 13.0 Å². The zero-order chi connectivity index (χ0) is 11.3. The molecule has 86 valence electrons. The van der Waals surface area contributed by atoms with E-state index in [1.807, 2.05) is 0 Å². The highest BCUT2D eigenvalue weighted by Crippen LogP contribution is 2.18. The fourth-order valence-corrected chi connectivity index (χ4v) is 1.56. The SMILES string of the molecule is C=CCN(C(=O)OCC)[C@H]1CCOC1O. The summed E-state index contributed by atoms with van der Waals surface area (Å²) in [4.78, 5) is 13.0. The Balaban J connectivity index is 2.63. The molecule has 1 fully saturated rings. The zero-order valence-electron chi connectivity index (χ0n) is 8.89. The topological polar surface area (TPSA) is 59.0 Å². The van der Waals surface area contributed by atoms with Gasteiger partial charge in [-0.2, -0.15) is 0 Å². The molecule has 1 rings (SSSR count). The fraction of sp³-hybridized carbons (Fsp3) is 0.700. The number of aliphatic hydroxyl groups is 1. The fourth-order valence-electron chi connectivity index (χ4n) is 1.56. The van der Waals surface area contributed by atoms with Crippen molar-refractivity contribution in [3.05, 3.63) is 12.7 Å². The molecule has 2 atom stereocenters. The molecule has 0 aliphatic carbocycles. The van der Waals surface area contributed by atoms with Crippen LogP contribution in [0.5, 0.6) is 0 Å². The van der Waals surface area contributed by atoms with Crippen LogP contribution in [0.4, 0.5) is 4.79 Å². The molecule has 1 amide bonds. The van der Waals surface area contributed by atoms with Crippen LogP contribution in [0.1, 0.15) is 13.3 Å². The monoisotopic (exact) mass is 215 g/mol. The van der Waals surface area contributed by atoms with Crippen molar-refractivity contribution >= 4 is 6.09 Å². The van der Waals surface area contributed by atoms with Gasteiger partial charge in [0.05, 0.1) is 19.3 Å². The number of carbonyl (C=O) groups excluding carboxylic acids is 1. The zero-order valence-corrected chi connectivity index (χ0v) is 8.89. The summed E-state index contributed by atoms with van der Waals surface area (Å²) in [6, 6.07) is -0.331. The lowest BCUT2D eigenvalue weighted by molar-refractivity contribution is -0.0891. The van der Waals surface area contributed by atoms with Gasteiger partial charge in [-0.05, 0) is 13.3 Å². The van der Waals surface area contributed by atoms with Crippen LogP contribution in [0.25, 0.3) is 0 Å². The Morgan fingerprint density at radius 1 is 1.80 bits per heavy atom. The van der Waals surface area contributed by atoms with Crippen molar-refractivity contribution in [2.75, 3.05) is 19.8 Å². The molecule has 1 heterocycles. The highest BCUT2D eigenvalue weighted by Gasteiger charge is 2.34. The third-order valence-electron chi connectivity index (χ3n) is 2.26. The summed E-state index contributed by atoms with van der Waals surface area (Å²) in [5, 5.41) is 9.50. The quantitative estimate of drug-likeness (QED) is 0.703. The summed E-state index contributed by atoms with van der Waals surface area (Å²) < 4.78 is 9.88. The Morgan fingerprint density at radius 3 is 3.00 bits per heavy atom. The van der Waals surface area contributed by atoms with E-state index in [0.29, 0.717) is 26.2 Å². The van der Waals surface area contributed by atoms with Crippen molar-refractivity contribution in [2.45, 2.75) is 25.7 Å². The minimum absolute atomic E-state index is 0.316. The smallest absolute Gasteiger partial charge is 0.410 e. The Morgan fingerprint density at radius 2 is 2.53 bits per heavy atom. The predicted molar refractivity (Wildman–Crippen MR) is 54.3 cm³/mol. The number of rotatable bonds is 4. The third-order valence-corrected chi connectivity index (χ3v) is 2.26. The Kier molecular flexibility index (Phi) is 4.58. The molecule has 0 radical (unpaired) electrons. The number of amides is 1. The van der Waals surface area contributed by atoms with Gasteiger partial charge in [-0.3, -0.25) is 4.90 Å². The lowest BCUT2D eigenvalue weighted by Gasteiger charge is -2.27. The molecule has 1 saturated heterocycles. The predicted octanol–water partition coefficient (Wildman–Crippen LogP) is 0.738. The van der Waals surface area contributed by atoms with Gasteiger partial charge in [0, 0.05) is 6.54 Å².